The zero-order chi connectivity index (χ0) is 12.3. The van der Waals surface area contributed by atoms with Gasteiger partial charge in [-0.15, -0.1) is 5.10 Å². The van der Waals surface area contributed by atoms with E-state index in [0.717, 1.165) is 11.3 Å². The topological polar surface area (TPSA) is 74.1 Å². The maximum atomic E-state index is 9.78. The van der Waals surface area contributed by atoms with Crippen LogP contribution in [0.3, 0.4) is 0 Å². The second-order valence-corrected chi connectivity index (χ2v) is 4.09. The van der Waals surface area contributed by atoms with Crippen LogP contribution in [0, 0.1) is 11.8 Å². The first-order chi connectivity index (χ1) is 8.15. The molecule has 2 rings (SSSR count). The molecule has 0 aliphatic carbocycles. The maximum absolute atomic E-state index is 9.78. The Hall–Kier alpha value is -1.66. The van der Waals surface area contributed by atoms with Gasteiger partial charge in [-0.2, -0.15) is 0 Å². The maximum Gasteiger partial charge on any atom is 0.284 e. The van der Waals surface area contributed by atoms with Crippen molar-refractivity contribution in [2.45, 2.75) is 13.0 Å². The molecule has 1 atom stereocenters. The van der Waals surface area contributed by atoms with Crippen molar-refractivity contribution in [1.29, 1.82) is 0 Å². The smallest absolute Gasteiger partial charge is 0.284 e. The highest BCUT2D eigenvalue weighted by Crippen LogP contribution is 2.13. The molecule has 0 amide bonds. The van der Waals surface area contributed by atoms with Crippen molar-refractivity contribution in [3.05, 3.63) is 40.6 Å². The van der Waals surface area contributed by atoms with Crippen LogP contribution < -0.4 is 5.32 Å². The first kappa shape index (κ1) is 11.8. The van der Waals surface area contributed by atoms with Crippen LogP contribution in [0.1, 0.15) is 17.6 Å². The van der Waals surface area contributed by atoms with E-state index in [-0.39, 0.29) is 10.7 Å². The van der Waals surface area contributed by atoms with E-state index in [4.69, 9.17) is 16.6 Å². The molecular weight excluding hydrogens is 238 g/mol. The number of H-pyrrole nitrogens is 1. The van der Waals surface area contributed by atoms with Crippen LogP contribution in [0.15, 0.2) is 28.7 Å². The fourth-order valence-electron chi connectivity index (χ4n) is 1.44. The van der Waals surface area contributed by atoms with Crippen LogP contribution in [0.5, 0.6) is 0 Å². The molecule has 1 unspecified atom stereocenters. The van der Waals surface area contributed by atoms with Crippen LogP contribution in [-0.2, 0) is 0 Å². The molecule has 1 aromatic heterocycles. The van der Waals surface area contributed by atoms with Gasteiger partial charge in [0.05, 0.1) is 0 Å². The molecule has 17 heavy (non-hydrogen) atoms. The van der Waals surface area contributed by atoms with Crippen molar-refractivity contribution >= 4 is 17.9 Å². The number of benzene rings is 1. The van der Waals surface area contributed by atoms with Crippen molar-refractivity contribution in [2.75, 3.05) is 11.9 Å². The fraction of sp³-hybridized carbons (Fsp3) is 0.273. The molecular formula is C11H13N3O2S. The molecule has 90 valence electrons. The van der Waals surface area contributed by atoms with Gasteiger partial charge in [-0.1, -0.05) is 12.1 Å². The number of aliphatic hydroxyl groups excluding tert-OH is 1. The Morgan fingerprint density at radius 1 is 1.59 bits per heavy atom. The second kappa shape index (κ2) is 5.11. The predicted octanol–water partition coefficient (Wildman–Crippen LogP) is 2.19. The van der Waals surface area contributed by atoms with E-state index in [1.807, 2.05) is 31.2 Å². The standard InChI is InChI=1S/C11H13N3O2S/c1-7-3-2-4-8(5-7)12-6-9(15)10-13-14-11(17)16-10/h2-5,9,12,15H,6H2,1H3,(H,14,17). The van der Waals surface area contributed by atoms with E-state index in [2.05, 4.69) is 15.5 Å². The third-order valence-corrected chi connectivity index (χ3v) is 2.43. The van der Waals surface area contributed by atoms with Crippen molar-refractivity contribution in [1.82, 2.24) is 10.2 Å². The second-order valence-electron chi connectivity index (χ2n) is 3.72. The number of aliphatic hydroxyl groups is 1. The van der Waals surface area contributed by atoms with Crippen LogP contribution in [-0.4, -0.2) is 21.8 Å². The number of hydrogen-bond acceptors (Lipinski definition) is 5. The molecule has 0 fully saturated rings. The summed E-state index contributed by atoms with van der Waals surface area (Å²) in [6.07, 6.45) is -0.830. The summed E-state index contributed by atoms with van der Waals surface area (Å²) < 4.78 is 5.02. The lowest BCUT2D eigenvalue weighted by Gasteiger charge is -2.09. The summed E-state index contributed by atoms with van der Waals surface area (Å²) in [6, 6.07) is 7.88. The van der Waals surface area contributed by atoms with Gasteiger partial charge in [0.25, 0.3) is 4.84 Å². The average molecular weight is 251 g/mol. The Bertz CT molecular complexity index is 549. The molecule has 1 heterocycles. The van der Waals surface area contributed by atoms with E-state index in [1.54, 1.807) is 0 Å². The van der Waals surface area contributed by atoms with Crippen LogP contribution in [0.4, 0.5) is 5.69 Å². The SMILES string of the molecule is Cc1cccc(NCC(O)c2n[nH]c(=S)o2)c1. The van der Waals surface area contributed by atoms with Crippen molar-refractivity contribution in [2.24, 2.45) is 0 Å². The van der Waals surface area contributed by atoms with Gasteiger partial charge >= 0.3 is 0 Å². The molecule has 0 aliphatic heterocycles. The highest BCUT2D eigenvalue weighted by atomic mass is 32.1. The fourth-order valence-corrected chi connectivity index (χ4v) is 1.57. The van der Waals surface area contributed by atoms with Gasteiger partial charge in [-0.05, 0) is 36.8 Å². The molecule has 0 aliphatic rings. The summed E-state index contributed by atoms with van der Waals surface area (Å²) in [5, 5.41) is 19.1. The number of nitrogens with one attached hydrogen (secondary N) is 2. The molecule has 0 bridgehead atoms. The van der Waals surface area contributed by atoms with E-state index >= 15 is 0 Å². The number of aromatic nitrogens is 2. The minimum Gasteiger partial charge on any atom is -0.411 e. The first-order valence-electron chi connectivity index (χ1n) is 5.19. The minimum atomic E-state index is -0.830. The van der Waals surface area contributed by atoms with Crippen molar-refractivity contribution in [3.8, 4) is 0 Å². The molecule has 2 aromatic rings. The highest BCUT2D eigenvalue weighted by Gasteiger charge is 2.12. The number of aryl methyl sites for hydroxylation is 1. The van der Waals surface area contributed by atoms with Crippen molar-refractivity contribution in [3.63, 3.8) is 0 Å². The molecule has 3 N–H and O–H groups in total. The van der Waals surface area contributed by atoms with Gasteiger partial charge in [0.2, 0.25) is 5.89 Å². The quantitative estimate of drug-likeness (QED) is 0.726. The van der Waals surface area contributed by atoms with E-state index < -0.39 is 6.10 Å². The molecule has 0 radical (unpaired) electrons. The Morgan fingerprint density at radius 2 is 2.41 bits per heavy atom. The summed E-state index contributed by atoms with van der Waals surface area (Å²) in [7, 11) is 0. The van der Waals surface area contributed by atoms with Crippen molar-refractivity contribution < 1.29 is 9.52 Å². The third-order valence-electron chi connectivity index (χ3n) is 2.26. The zero-order valence-electron chi connectivity index (χ0n) is 9.30. The molecule has 5 nitrogen and oxygen atoms in total. The summed E-state index contributed by atoms with van der Waals surface area (Å²) in [6.45, 7) is 2.32. The lowest BCUT2D eigenvalue weighted by atomic mass is 10.2. The number of hydrogen-bond donors (Lipinski definition) is 3. The number of anilines is 1. The molecule has 0 spiro atoms. The van der Waals surface area contributed by atoms with Crippen LogP contribution in [0.25, 0.3) is 0 Å². The molecule has 6 heteroatoms. The molecule has 0 saturated heterocycles. The van der Waals surface area contributed by atoms with Crippen LogP contribution in [0.2, 0.25) is 0 Å². The lowest BCUT2D eigenvalue weighted by Crippen LogP contribution is -2.12. The Labute approximate surface area is 103 Å². The number of rotatable bonds is 4. The van der Waals surface area contributed by atoms with Gasteiger partial charge in [-0.25, -0.2) is 5.10 Å². The van der Waals surface area contributed by atoms with Gasteiger partial charge in [0.15, 0.2) is 0 Å². The number of nitrogens with zero attached hydrogens (tertiary/aromatic N) is 1. The summed E-state index contributed by atoms with van der Waals surface area (Å²) in [5.41, 5.74) is 2.10. The predicted molar refractivity (Wildman–Crippen MR) is 66.3 cm³/mol. The summed E-state index contributed by atoms with van der Waals surface area (Å²) in [4.78, 5) is 0.162. The summed E-state index contributed by atoms with van der Waals surface area (Å²) in [5.74, 6) is 0.190. The van der Waals surface area contributed by atoms with E-state index in [1.165, 1.54) is 0 Å². The van der Waals surface area contributed by atoms with E-state index in [9.17, 15) is 5.11 Å². The Kier molecular flexibility index (Phi) is 3.55. The third kappa shape index (κ3) is 3.15. The first-order valence-corrected chi connectivity index (χ1v) is 5.60. The molecule has 0 saturated carbocycles. The normalized spacial score (nSPS) is 12.4. The van der Waals surface area contributed by atoms with Crippen LogP contribution >= 0.6 is 12.2 Å². The lowest BCUT2D eigenvalue weighted by molar-refractivity contribution is 0.155. The highest BCUT2D eigenvalue weighted by molar-refractivity contribution is 7.71. The van der Waals surface area contributed by atoms with Gasteiger partial charge in [-0.3, -0.25) is 0 Å². The average Bonchev–Trinajstić information content (AvgIpc) is 2.73. The summed E-state index contributed by atoms with van der Waals surface area (Å²) >= 11 is 4.73. The monoisotopic (exact) mass is 251 g/mol. The Balaban J connectivity index is 1.96. The number of aromatic amines is 1. The van der Waals surface area contributed by atoms with E-state index in [0.29, 0.717) is 6.54 Å². The van der Waals surface area contributed by atoms with Gasteiger partial charge in [0.1, 0.15) is 6.10 Å². The van der Waals surface area contributed by atoms with Gasteiger partial charge in [0, 0.05) is 12.2 Å². The minimum absolute atomic E-state index is 0.162. The molecule has 1 aromatic carbocycles. The zero-order valence-corrected chi connectivity index (χ0v) is 10.1. The largest absolute Gasteiger partial charge is 0.411 e. The Morgan fingerprint density at radius 3 is 3.06 bits per heavy atom. The van der Waals surface area contributed by atoms with Gasteiger partial charge < -0.3 is 14.8 Å².